The van der Waals surface area contributed by atoms with Crippen molar-refractivity contribution < 1.29 is 9.47 Å². The Morgan fingerprint density at radius 1 is 1.21 bits per heavy atom. The van der Waals surface area contributed by atoms with Gasteiger partial charge in [0.05, 0.1) is 23.8 Å². The van der Waals surface area contributed by atoms with Crippen LogP contribution < -0.4 is 4.74 Å². The van der Waals surface area contributed by atoms with Crippen LogP contribution in [0.1, 0.15) is 18.4 Å². The molecule has 0 amide bonds. The molecule has 4 heteroatoms. The van der Waals surface area contributed by atoms with Crippen LogP contribution in [0.4, 0.5) is 0 Å². The summed E-state index contributed by atoms with van der Waals surface area (Å²) in [5.41, 5.74) is 0.664. The smallest absolute Gasteiger partial charge is 0.119 e. The lowest BCUT2D eigenvalue weighted by Gasteiger charge is -2.31. The molecule has 4 nitrogen and oxygen atoms in total. The number of hydrogen-bond donors (Lipinski definition) is 0. The summed E-state index contributed by atoms with van der Waals surface area (Å²) >= 11 is 0. The monoisotopic (exact) mass is 258 g/mol. The molecular weight excluding hydrogens is 240 g/mol. The van der Waals surface area contributed by atoms with Crippen LogP contribution in [0.5, 0.6) is 5.75 Å². The first-order chi connectivity index (χ1) is 9.33. The van der Waals surface area contributed by atoms with E-state index in [-0.39, 0.29) is 0 Å². The molecule has 2 fully saturated rings. The number of fused-ring (bicyclic) bond motifs is 2. The highest BCUT2D eigenvalue weighted by atomic mass is 16.5. The van der Waals surface area contributed by atoms with Crippen LogP contribution in [0.3, 0.4) is 0 Å². The van der Waals surface area contributed by atoms with Crippen molar-refractivity contribution in [2.24, 2.45) is 0 Å². The van der Waals surface area contributed by atoms with E-state index in [1.165, 1.54) is 12.8 Å². The molecule has 0 aliphatic carbocycles. The van der Waals surface area contributed by atoms with Gasteiger partial charge in [-0.15, -0.1) is 0 Å². The van der Waals surface area contributed by atoms with Crippen molar-refractivity contribution in [1.82, 2.24) is 4.90 Å². The minimum absolute atomic E-state index is 0.439. The summed E-state index contributed by atoms with van der Waals surface area (Å²) in [6, 6.07) is 9.36. The highest BCUT2D eigenvalue weighted by Gasteiger charge is 2.33. The normalized spacial score (nSPS) is 26.1. The van der Waals surface area contributed by atoms with Gasteiger partial charge in [0.1, 0.15) is 12.4 Å². The van der Waals surface area contributed by atoms with Crippen LogP contribution in [-0.2, 0) is 4.74 Å². The summed E-state index contributed by atoms with van der Waals surface area (Å²) in [5.74, 6) is 0.829. The lowest BCUT2D eigenvalue weighted by molar-refractivity contribution is -0.0408. The summed E-state index contributed by atoms with van der Waals surface area (Å²) in [6.45, 7) is 3.70. The molecule has 1 aromatic carbocycles. The van der Waals surface area contributed by atoms with Crippen LogP contribution in [-0.4, -0.2) is 43.3 Å². The zero-order chi connectivity index (χ0) is 13.1. The highest BCUT2D eigenvalue weighted by Crippen LogP contribution is 2.25. The van der Waals surface area contributed by atoms with Gasteiger partial charge >= 0.3 is 0 Å². The summed E-state index contributed by atoms with van der Waals surface area (Å²) < 4.78 is 11.5. The zero-order valence-corrected chi connectivity index (χ0v) is 10.9. The number of hydrogen-bond acceptors (Lipinski definition) is 4. The lowest BCUT2D eigenvalue weighted by Crippen LogP contribution is -2.44. The second-order valence-electron chi connectivity index (χ2n) is 5.20. The maximum absolute atomic E-state index is 8.72. The Labute approximate surface area is 113 Å². The fourth-order valence-electron chi connectivity index (χ4n) is 2.80. The van der Waals surface area contributed by atoms with E-state index in [0.29, 0.717) is 24.4 Å². The summed E-state index contributed by atoms with van der Waals surface area (Å²) in [6.07, 6.45) is 3.29. The molecule has 2 atom stereocenters. The Morgan fingerprint density at radius 3 is 2.53 bits per heavy atom. The molecule has 3 rings (SSSR count). The molecular formula is C15H18N2O2. The number of nitriles is 1. The molecule has 2 aliphatic rings. The summed E-state index contributed by atoms with van der Waals surface area (Å²) in [7, 11) is 0. The average molecular weight is 258 g/mol. The van der Waals surface area contributed by atoms with Crippen molar-refractivity contribution in [3.63, 3.8) is 0 Å². The fourth-order valence-corrected chi connectivity index (χ4v) is 2.80. The lowest BCUT2D eigenvalue weighted by atomic mass is 10.2. The maximum atomic E-state index is 8.72. The molecule has 0 radical (unpaired) electrons. The quantitative estimate of drug-likeness (QED) is 0.826. The van der Waals surface area contributed by atoms with Crippen molar-refractivity contribution in [2.75, 3.05) is 26.2 Å². The average Bonchev–Trinajstić information content (AvgIpc) is 2.79. The van der Waals surface area contributed by atoms with E-state index in [4.69, 9.17) is 14.7 Å². The Balaban J connectivity index is 1.44. The molecule has 1 aromatic rings. The summed E-state index contributed by atoms with van der Waals surface area (Å²) in [5, 5.41) is 8.72. The number of ether oxygens (including phenoxy) is 2. The molecule has 0 aromatic heterocycles. The van der Waals surface area contributed by atoms with E-state index < -0.39 is 0 Å². The largest absolute Gasteiger partial charge is 0.492 e. The summed E-state index contributed by atoms with van der Waals surface area (Å²) in [4.78, 5) is 2.43. The van der Waals surface area contributed by atoms with Gasteiger partial charge < -0.3 is 9.47 Å². The van der Waals surface area contributed by atoms with Gasteiger partial charge in [-0.05, 0) is 37.1 Å². The van der Waals surface area contributed by atoms with E-state index in [0.717, 1.165) is 25.4 Å². The third kappa shape index (κ3) is 3.06. The van der Waals surface area contributed by atoms with Crippen LogP contribution in [0.25, 0.3) is 0 Å². The van der Waals surface area contributed by atoms with Gasteiger partial charge in [0.25, 0.3) is 0 Å². The molecule has 100 valence electrons. The predicted molar refractivity (Wildman–Crippen MR) is 71.0 cm³/mol. The Bertz CT molecular complexity index is 454. The molecule has 2 aliphatic heterocycles. The third-order valence-corrected chi connectivity index (χ3v) is 3.78. The molecule has 2 unspecified atom stereocenters. The van der Waals surface area contributed by atoms with Crippen molar-refractivity contribution in [2.45, 2.75) is 25.0 Å². The van der Waals surface area contributed by atoms with E-state index >= 15 is 0 Å². The third-order valence-electron chi connectivity index (χ3n) is 3.78. The van der Waals surface area contributed by atoms with Crippen molar-refractivity contribution in [3.05, 3.63) is 29.8 Å². The molecule has 19 heavy (non-hydrogen) atoms. The van der Waals surface area contributed by atoms with Crippen LogP contribution in [0.2, 0.25) is 0 Å². The fraction of sp³-hybridized carbons (Fsp3) is 0.533. The van der Waals surface area contributed by atoms with Crippen molar-refractivity contribution >= 4 is 0 Å². The number of benzene rings is 1. The van der Waals surface area contributed by atoms with E-state index in [1.54, 1.807) is 12.1 Å². The van der Waals surface area contributed by atoms with E-state index in [2.05, 4.69) is 11.0 Å². The van der Waals surface area contributed by atoms with E-state index in [9.17, 15) is 0 Å². The van der Waals surface area contributed by atoms with Gasteiger partial charge in [0.2, 0.25) is 0 Å². The standard InChI is InChI=1S/C15H18N2O2/c16-9-12-1-3-13(4-2-12)18-8-7-17-10-14-5-6-15(11-17)19-14/h1-4,14-15H,5-8,10-11H2. The van der Waals surface area contributed by atoms with Crippen LogP contribution in [0, 0.1) is 11.3 Å². The zero-order valence-electron chi connectivity index (χ0n) is 10.9. The van der Waals surface area contributed by atoms with E-state index in [1.807, 2.05) is 12.1 Å². The van der Waals surface area contributed by atoms with Gasteiger partial charge in [0.15, 0.2) is 0 Å². The minimum Gasteiger partial charge on any atom is -0.492 e. The molecule has 2 bridgehead atoms. The van der Waals surface area contributed by atoms with Crippen molar-refractivity contribution in [1.29, 1.82) is 5.26 Å². The molecule has 0 spiro atoms. The maximum Gasteiger partial charge on any atom is 0.119 e. The van der Waals surface area contributed by atoms with Crippen LogP contribution in [0.15, 0.2) is 24.3 Å². The first-order valence-corrected chi connectivity index (χ1v) is 6.84. The van der Waals surface area contributed by atoms with Crippen molar-refractivity contribution in [3.8, 4) is 11.8 Å². The first kappa shape index (κ1) is 12.5. The van der Waals surface area contributed by atoms with Gasteiger partial charge in [-0.2, -0.15) is 5.26 Å². The second-order valence-corrected chi connectivity index (χ2v) is 5.20. The van der Waals surface area contributed by atoms with Gasteiger partial charge in [0, 0.05) is 19.6 Å². The highest BCUT2D eigenvalue weighted by molar-refractivity contribution is 5.34. The topological polar surface area (TPSA) is 45.5 Å². The predicted octanol–water partition coefficient (Wildman–Crippen LogP) is 1.80. The van der Waals surface area contributed by atoms with Gasteiger partial charge in [-0.25, -0.2) is 0 Å². The Kier molecular flexibility index (Phi) is 3.67. The number of nitrogens with zero attached hydrogens (tertiary/aromatic N) is 2. The minimum atomic E-state index is 0.439. The Hall–Kier alpha value is -1.57. The van der Waals surface area contributed by atoms with Crippen LogP contribution >= 0.6 is 0 Å². The SMILES string of the molecule is N#Cc1ccc(OCCN2CC3CCC(C2)O3)cc1. The molecule has 2 heterocycles. The number of morpholine rings is 1. The Morgan fingerprint density at radius 2 is 1.89 bits per heavy atom. The van der Waals surface area contributed by atoms with Gasteiger partial charge in [-0.1, -0.05) is 0 Å². The number of rotatable bonds is 4. The van der Waals surface area contributed by atoms with Gasteiger partial charge in [-0.3, -0.25) is 4.90 Å². The second kappa shape index (κ2) is 5.60. The first-order valence-electron chi connectivity index (χ1n) is 6.84. The molecule has 0 saturated carbocycles. The number of likely N-dealkylation sites (tertiary alicyclic amines) is 1. The molecule has 0 N–H and O–H groups in total. The molecule has 2 saturated heterocycles.